The van der Waals surface area contributed by atoms with E-state index in [-0.39, 0.29) is 25.2 Å². The molecule has 3 N–H and O–H groups in total. The maximum absolute atomic E-state index is 12.3. The molecule has 2 aliphatic heterocycles. The molecule has 2 saturated heterocycles. The first-order chi connectivity index (χ1) is 14.3. The fourth-order valence-corrected chi connectivity index (χ4v) is 3.53. The van der Waals surface area contributed by atoms with E-state index < -0.39 is 30.2 Å². The molecule has 9 heteroatoms. The second kappa shape index (κ2) is 9.74. The largest absolute Gasteiger partial charge is 0.481 e. The molecule has 30 heavy (non-hydrogen) atoms. The lowest BCUT2D eigenvalue weighted by Gasteiger charge is -2.26. The summed E-state index contributed by atoms with van der Waals surface area (Å²) in [7, 11) is 0. The lowest BCUT2D eigenvalue weighted by Crippen LogP contribution is -2.44. The molecule has 0 saturated carbocycles. The summed E-state index contributed by atoms with van der Waals surface area (Å²) in [6.07, 6.45) is 0.290. The highest BCUT2D eigenvalue weighted by atomic mass is 16.8. The molecule has 2 heterocycles. The first kappa shape index (κ1) is 22.5. The molecule has 166 valence electrons. The zero-order valence-electron chi connectivity index (χ0n) is 17.6. The number of amides is 2. The summed E-state index contributed by atoms with van der Waals surface area (Å²) in [6.45, 7) is 6.58. The molecule has 0 bridgehead atoms. The SMILES string of the molecule is CCCCO[C@H]1[C@H]2OC(C)(C)O[C@H]2O[C@@H]1CNC(=O)Nc1ccc(CC(=O)O)cc1. The standard InChI is InChI=1S/C21H30N2O7/c1-4-5-10-27-17-15(28-19-18(17)29-21(2,3)30-19)12-22-20(26)23-14-8-6-13(7-9-14)11-16(24)25/h6-9,15,17-19H,4-5,10-12H2,1-3H3,(H,24,25)(H2,22,23,26)/t15-,17-,18-,19-/m1/s1. The highest BCUT2D eigenvalue weighted by Crippen LogP contribution is 2.38. The molecule has 9 nitrogen and oxygen atoms in total. The van der Waals surface area contributed by atoms with Crippen molar-refractivity contribution in [3.8, 4) is 0 Å². The van der Waals surface area contributed by atoms with E-state index in [1.165, 1.54) is 0 Å². The van der Waals surface area contributed by atoms with Crippen molar-refractivity contribution in [1.82, 2.24) is 5.32 Å². The molecule has 0 unspecified atom stereocenters. The first-order valence-electron chi connectivity index (χ1n) is 10.3. The van der Waals surface area contributed by atoms with E-state index >= 15 is 0 Å². The number of fused-ring (bicyclic) bond motifs is 1. The average Bonchev–Trinajstić information content (AvgIpc) is 3.13. The number of carboxylic acids is 1. The molecule has 0 spiro atoms. The summed E-state index contributed by atoms with van der Waals surface area (Å²) in [5.74, 6) is -1.63. The van der Waals surface area contributed by atoms with Gasteiger partial charge in [0, 0.05) is 18.8 Å². The summed E-state index contributed by atoms with van der Waals surface area (Å²) in [6, 6.07) is 6.26. The van der Waals surface area contributed by atoms with E-state index in [2.05, 4.69) is 17.6 Å². The number of aliphatic carboxylic acids is 1. The van der Waals surface area contributed by atoms with Gasteiger partial charge in [-0.3, -0.25) is 4.79 Å². The van der Waals surface area contributed by atoms with Gasteiger partial charge in [-0.05, 0) is 38.0 Å². The predicted molar refractivity (Wildman–Crippen MR) is 108 cm³/mol. The van der Waals surface area contributed by atoms with Crippen LogP contribution in [0.15, 0.2) is 24.3 Å². The second-order valence-electron chi connectivity index (χ2n) is 7.93. The Morgan fingerprint density at radius 3 is 2.60 bits per heavy atom. The van der Waals surface area contributed by atoms with Gasteiger partial charge in [0.2, 0.25) is 0 Å². The Morgan fingerprint density at radius 1 is 1.20 bits per heavy atom. The minimum atomic E-state index is -0.901. The number of carboxylic acid groups (broad SMARTS) is 1. The first-order valence-corrected chi connectivity index (χ1v) is 10.3. The Bertz CT molecular complexity index is 737. The molecule has 1 aromatic rings. The zero-order valence-corrected chi connectivity index (χ0v) is 17.6. The maximum atomic E-state index is 12.3. The molecule has 3 rings (SSSR count). The summed E-state index contributed by atoms with van der Waals surface area (Å²) >= 11 is 0. The molecule has 0 radical (unpaired) electrons. The van der Waals surface area contributed by atoms with Crippen molar-refractivity contribution in [2.45, 2.75) is 70.4 Å². The van der Waals surface area contributed by atoms with Crippen molar-refractivity contribution in [3.05, 3.63) is 29.8 Å². The van der Waals surface area contributed by atoms with E-state index in [1.54, 1.807) is 24.3 Å². The summed E-state index contributed by atoms with van der Waals surface area (Å²) < 4.78 is 23.7. The number of rotatable bonds is 9. The smallest absolute Gasteiger partial charge is 0.319 e. The molecule has 2 aliphatic rings. The van der Waals surface area contributed by atoms with Crippen molar-refractivity contribution < 1.29 is 33.6 Å². The van der Waals surface area contributed by atoms with Crippen molar-refractivity contribution in [1.29, 1.82) is 0 Å². The summed E-state index contributed by atoms with van der Waals surface area (Å²) in [5, 5.41) is 14.3. The Morgan fingerprint density at radius 2 is 1.93 bits per heavy atom. The van der Waals surface area contributed by atoms with E-state index in [1.807, 2.05) is 13.8 Å². The molecular formula is C21H30N2O7. The fourth-order valence-electron chi connectivity index (χ4n) is 3.53. The highest BCUT2D eigenvalue weighted by molar-refractivity contribution is 5.89. The molecule has 0 aliphatic carbocycles. The van der Waals surface area contributed by atoms with Gasteiger partial charge in [0.1, 0.15) is 18.3 Å². The average molecular weight is 422 g/mol. The van der Waals surface area contributed by atoms with Crippen molar-refractivity contribution >= 4 is 17.7 Å². The Kier molecular flexibility index (Phi) is 7.30. The van der Waals surface area contributed by atoms with Crippen LogP contribution in [0.2, 0.25) is 0 Å². The molecule has 2 fully saturated rings. The third kappa shape index (κ3) is 5.91. The van der Waals surface area contributed by atoms with Crippen LogP contribution in [0.5, 0.6) is 0 Å². The molecule has 2 amide bonds. The predicted octanol–water partition coefficient (Wildman–Crippen LogP) is 2.50. The number of nitrogens with one attached hydrogen (secondary N) is 2. The van der Waals surface area contributed by atoms with Gasteiger partial charge in [-0.15, -0.1) is 0 Å². The van der Waals surface area contributed by atoms with Crippen molar-refractivity contribution in [3.63, 3.8) is 0 Å². The van der Waals surface area contributed by atoms with Crippen LogP contribution in [-0.4, -0.2) is 60.6 Å². The number of hydrogen-bond acceptors (Lipinski definition) is 6. The van der Waals surface area contributed by atoms with Crippen LogP contribution in [-0.2, 0) is 30.2 Å². The van der Waals surface area contributed by atoms with Gasteiger partial charge in [0.25, 0.3) is 0 Å². The zero-order chi connectivity index (χ0) is 21.7. The van der Waals surface area contributed by atoms with E-state index in [0.29, 0.717) is 17.9 Å². The van der Waals surface area contributed by atoms with Crippen molar-refractivity contribution in [2.75, 3.05) is 18.5 Å². The summed E-state index contributed by atoms with van der Waals surface area (Å²) in [4.78, 5) is 23.0. The Balaban J connectivity index is 1.51. The van der Waals surface area contributed by atoms with Gasteiger partial charge >= 0.3 is 12.0 Å². The number of carbonyl (C=O) groups excluding carboxylic acids is 1. The normalized spacial score (nSPS) is 26.9. The lowest BCUT2D eigenvalue weighted by atomic mass is 10.1. The number of hydrogen-bond donors (Lipinski definition) is 3. The fraction of sp³-hybridized carbons (Fsp3) is 0.619. The topological polar surface area (TPSA) is 115 Å². The van der Waals surface area contributed by atoms with E-state index in [4.69, 9.17) is 24.1 Å². The number of anilines is 1. The van der Waals surface area contributed by atoms with Crippen LogP contribution in [0.3, 0.4) is 0 Å². The number of ether oxygens (including phenoxy) is 4. The van der Waals surface area contributed by atoms with Gasteiger partial charge in [-0.1, -0.05) is 25.5 Å². The van der Waals surface area contributed by atoms with Crippen LogP contribution >= 0.6 is 0 Å². The molecule has 0 aromatic heterocycles. The van der Waals surface area contributed by atoms with Gasteiger partial charge < -0.3 is 34.7 Å². The molecular weight excluding hydrogens is 392 g/mol. The van der Waals surface area contributed by atoms with E-state index in [9.17, 15) is 9.59 Å². The van der Waals surface area contributed by atoms with Crippen molar-refractivity contribution in [2.24, 2.45) is 0 Å². The molecule has 1 aromatic carbocycles. The molecule has 4 atom stereocenters. The Hall–Kier alpha value is -2.20. The third-order valence-electron chi connectivity index (χ3n) is 4.93. The monoisotopic (exact) mass is 422 g/mol. The maximum Gasteiger partial charge on any atom is 0.319 e. The minimum absolute atomic E-state index is 0.0613. The van der Waals surface area contributed by atoms with Crippen LogP contribution < -0.4 is 10.6 Å². The van der Waals surface area contributed by atoms with Crippen LogP contribution in [0.1, 0.15) is 39.2 Å². The van der Waals surface area contributed by atoms with Gasteiger partial charge in [0.15, 0.2) is 12.1 Å². The number of benzene rings is 1. The number of urea groups is 1. The summed E-state index contributed by atoms with van der Waals surface area (Å²) in [5.41, 5.74) is 1.23. The van der Waals surface area contributed by atoms with Gasteiger partial charge in [-0.25, -0.2) is 4.79 Å². The van der Waals surface area contributed by atoms with E-state index in [0.717, 1.165) is 12.8 Å². The third-order valence-corrected chi connectivity index (χ3v) is 4.93. The highest BCUT2D eigenvalue weighted by Gasteiger charge is 2.55. The lowest BCUT2D eigenvalue weighted by molar-refractivity contribution is -0.217. The number of carbonyl (C=O) groups is 2. The Labute approximate surface area is 176 Å². The second-order valence-corrected chi connectivity index (χ2v) is 7.93. The van der Waals surface area contributed by atoms with Crippen LogP contribution in [0.25, 0.3) is 0 Å². The van der Waals surface area contributed by atoms with Crippen LogP contribution in [0, 0.1) is 0 Å². The number of unbranched alkanes of at least 4 members (excludes halogenated alkanes) is 1. The van der Waals surface area contributed by atoms with Gasteiger partial charge in [0.05, 0.1) is 6.42 Å². The minimum Gasteiger partial charge on any atom is -0.481 e. The van der Waals surface area contributed by atoms with Crippen LogP contribution in [0.4, 0.5) is 10.5 Å². The quantitative estimate of drug-likeness (QED) is 0.524. The van der Waals surface area contributed by atoms with Gasteiger partial charge in [-0.2, -0.15) is 0 Å².